The maximum atomic E-state index is 10.4. The summed E-state index contributed by atoms with van der Waals surface area (Å²) in [6.45, 7) is 9.69. The number of carbonyl (C=O) groups excluding carboxylic acids is 1. The Morgan fingerprint density at radius 2 is 1.38 bits per heavy atom. The third-order valence-corrected chi connectivity index (χ3v) is 2.33. The molecule has 0 bridgehead atoms. The molecular formula is C11H22NO+. The zero-order valence-electron chi connectivity index (χ0n) is 9.18. The minimum atomic E-state index is 0.826. The minimum Gasteiger partial charge on any atom is -0.288 e. The van der Waals surface area contributed by atoms with E-state index in [4.69, 9.17) is 0 Å². The van der Waals surface area contributed by atoms with Crippen LogP contribution in [-0.2, 0) is 4.79 Å². The predicted octanol–water partition coefficient (Wildman–Crippen LogP) is 2.38. The molecule has 0 aromatic heterocycles. The number of nitrogens with zero attached hydrogens (tertiary/aromatic N) is 1. The summed E-state index contributed by atoms with van der Waals surface area (Å²) in [5, 5.41) is 0. The van der Waals surface area contributed by atoms with E-state index >= 15 is 0 Å². The molecule has 0 aliphatic heterocycles. The first-order valence-electron chi connectivity index (χ1n) is 5.32. The lowest BCUT2D eigenvalue weighted by atomic mass is 10.2. The standard InChI is InChI=1S/C11H22NO/c1-4-7-12(8-5-2,9-6-3)10-11-13/h10H,4-9H2,1-3H3/q+1. The second-order valence-electron chi connectivity index (χ2n) is 3.64. The highest BCUT2D eigenvalue weighted by Crippen LogP contribution is 2.11. The summed E-state index contributed by atoms with van der Waals surface area (Å²) in [7, 11) is 0. The monoisotopic (exact) mass is 184 g/mol. The first-order valence-corrected chi connectivity index (χ1v) is 5.32. The van der Waals surface area contributed by atoms with E-state index in [2.05, 4.69) is 20.8 Å². The largest absolute Gasteiger partial charge is 0.288 e. The van der Waals surface area contributed by atoms with Crippen LogP contribution in [0.2, 0.25) is 0 Å². The van der Waals surface area contributed by atoms with Gasteiger partial charge < -0.3 is 0 Å². The molecule has 13 heavy (non-hydrogen) atoms. The summed E-state index contributed by atoms with van der Waals surface area (Å²) in [5.41, 5.74) is 0. The quantitative estimate of drug-likeness (QED) is 0.438. The minimum absolute atomic E-state index is 0.826. The van der Waals surface area contributed by atoms with Gasteiger partial charge in [0.05, 0.1) is 19.6 Å². The highest BCUT2D eigenvalue weighted by atomic mass is 16.1. The molecule has 0 amide bonds. The Kier molecular flexibility index (Phi) is 6.56. The fourth-order valence-electron chi connectivity index (χ4n) is 1.98. The zero-order valence-corrected chi connectivity index (χ0v) is 9.18. The van der Waals surface area contributed by atoms with Crippen molar-refractivity contribution in [2.75, 3.05) is 19.6 Å². The summed E-state index contributed by atoms with van der Waals surface area (Å²) < 4.78 is 0.826. The SMILES string of the molecule is CCC[N+](C=C=O)(CCC)CCC. The van der Waals surface area contributed by atoms with Gasteiger partial charge >= 0.3 is 0 Å². The molecule has 0 aliphatic carbocycles. The molecule has 0 radical (unpaired) electrons. The molecule has 0 spiro atoms. The molecule has 2 heteroatoms. The summed E-state index contributed by atoms with van der Waals surface area (Å²) >= 11 is 0. The number of rotatable bonds is 7. The smallest absolute Gasteiger partial charge is 0.183 e. The van der Waals surface area contributed by atoms with E-state index in [9.17, 15) is 4.79 Å². The Balaban J connectivity index is 4.46. The van der Waals surface area contributed by atoms with E-state index in [1.165, 1.54) is 0 Å². The van der Waals surface area contributed by atoms with Crippen molar-refractivity contribution in [2.24, 2.45) is 0 Å². The van der Waals surface area contributed by atoms with E-state index in [-0.39, 0.29) is 0 Å². The van der Waals surface area contributed by atoms with E-state index < -0.39 is 0 Å². The molecule has 2 nitrogen and oxygen atoms in total. The Bertz CT molecular complexity index is 154. The highest BCUT2D eigenvalue weighted by Gasteiger charge is 2.21. The second kappa shape index (κ2) is 6.88. The normalized spacial score (nSPS) is 11.0. The third-order valence-electron chi connectivity index (χ3n) is 2.33. The van der Waals surface area contributed by atoms with Crippen LogP contribution in [0.5, 0.6) is 0 Å². The van der Waals surface area contributed by atoms with E-state index in [1.54, 1.807) is 6.20 Å². The van der Waals surface area contributed by atoms with E-state index in [0.717, 1.165) is 43.4 Å². The van der Waals surface area contributed by atoms with Gasteiger partial charge in [0.15, 0.2) is 12.1 Å². The molecule has 0 saturated heterocycles. The fourth-order valence-corrected chi connectivity index (χ4v) is 1.98. The lowest BCUT2D eigenvalue weighted by Gasteiger charge is -2.32. The van der Waals surface area contributed by atoms with Gasteiger partial charge in [-0.15, -0.1) is 0 Å². The van der Waals surface area contributed by atoms with Crippen molar-refractivity contribution < 1.29 is 9.28 Å². The second-order valence-corrected chi connectivity index (χ2v) is 3.64. The van der Waals surface area contributed by atoms with Crippen LogP contribution in [0.1, 0.15) is 40.0 Å². The molecule has 0 saturated carbocycles. The molecule has 0 aliphatic rings. The van der Waals surface area contributed by atoms with Crippen molar-refractivity contribution in [2.45, 2.75) is 40.0 Å². The average molecular weight is 184 g/mol. The lowest BCUT2D eigenvalue weighted by molar-refractivity contribution is -0.878. The molecular weight excluding hydrogens is 162 g/mol. The molecule has 0 N–H and O–H groups in total. The Labute approximate surface area is 81.8 Å². The van der Waals surface area contributed by atoms with Crippen molar-refractivity contribution in [3.63, 3.8) is 0 Å². The Morgan fingerprint density at radius 3 is 1.62 bits per heavy atom. The fraction of sp³-hybridized carbons (Fsp3) is 0.818. The molecule has 0 heterocycles. The summed E-state index contributed by atoms with van der Waals surface area (Å²) in [5.74, 6) is 1.96. The number of hydrogen-bond acceptors (Lipinski definition) is 1. The molecule has 0 aromatic rings. The maximum absolute atomic E-state index is 10.4. The average Bonchev–Trinajstić information content (AvgIpc) is 2.06. The van der Waals surface area contributed by atoms with Crippen molar-refractivity contribution in [1.82, 2.24) is 0 Å². The Hall–Kier alpha value is -0.590. The summed E-state index contributed by atoms with van der Waals surface area (Å²) in [6, 6.07) is 0. The lowest BCUT2D eigenvalue weighted by Crippen LogP contribution is -2.44. The zero-order chi connectivity index (χ0) is 10.2. The van der Waals surface area contributed by atoms with Crippen LogP contribution in [0.25, 0.3) is 0 Å². The number of hydrogen-bond donors (Lipinski definition) is 0. The van der Waals surface area contributed by atoms with Gasteiger partial charge in [0, 0.05) is 0 Å². The Morgan fingerprint density at radius 1 is 1.00 bits per heavy atom. The van der Waals surface area contributed by atoms with Gasteiger partial charge in [0.2, 0.25) is 0 Å². The van der Waals surface area contributed by atoms with Crippen LogP contribution in [0.4, 0.5) is 0 Å². The van der Waals surface area contributed by atoms with Crippen LogP contribution in [0, 0.1) is 0 Å². The van der Waals surface area contributed by atoms with Gasteiger partial charge in [-0.3, -0.25) is 4.48 Å². The highest BCUT2D eigenvalue weighted by molar-refractivity contribution is 5.42. The van der Waals surface area contributed by atoms with Crippen molar-refractivity contribution in [3.05, 3.63) is 6.20 Å². The van der Waals surface area contributed by atoms with Gasteiger partial charge in [-0.2, -0.15) is 0 Å². The van der Waals surface area contributed by atoms with E-state index in [0.29, 0.717) is 0 Å². The van der Waals surface area contributed by atoms with Crippen LogP contribution in [0.15, 0.2) is 6.20 Å². The molecule has 0 fully saturated rings. The van der Waals surface area contributed by atoms with Gasteiger partial charge in [-0.1, -0.05) is 20.8 Å². The van der Waals surface area contributed by atoms with Gasteiger partial charge in [0.1, 0.15) is 0 Å². The molecule has 0 unspecified atom stereocenters. The van der Waals surface area contributed by atoms with Gasteiger partial charge in [0.25, 0.3) is 0 Å². The van der Waals surface area contributed by atoms with Crippen molar-refractivity contribution in [1.29, 1.82) is 0 Å². The molecule has 0 atom stereocenters. The molecule has 0 aromatic carbocycles. The first-order chi connectivity index (χ1) is 6.24. The van der Waals surface area contributed by atoms with E-state index in [1.807, 2.05) is 5.94 Å². The van der Waals surface area contributed by atoms with Crippen LogP contribution in [0.3, 0.4) is 0 Å². The third kappa shape index (κ3) is 4.25. The predicted molar refractivity (Wildman–Crippen MR) is 56.0 cm³/mol. The van der Waals surface area contributed by atoms with Crippen LogP contribution >= 0.6 is 0 Å². The molecule has 76 valence electrons. The molecule has 0 rings (SSSR count). The van der Waals surface area contributed by atoms with Crippen molar-refractivity contribution in [3.8, 4) is 0 Å². The van der Waals surface area contributed by atoms with Crippen LogP contribution in [-0.4, -0.2) is 30.1 Å². The van der Waals surface area contributed by atoms with Gasteiger partial charge in [-0.05, 0) is 19.3 Å². The van der Waals surface area contributed by atoms with Gasteiger partial charge in [-0.25, -0.2) is 4.79 Å². The first kappa shape index (κ1) is 12.4. The summed E-state index contributed by atoms with van der Waals surface area (Å²) in [4.78, 5) is 10.4. The topological polar surface area (TPSA) is 17.1 Å². The van der Waals surface area contributed by atoms with Crippen LogP contribution < -0.4 is 0 Å². The maximum Gasteiger partial charge on any atom is 0.183 e. The summed E-state index contributed by atoms with van der Waals surface area (Å²) in [6.07, 6.45) is 5.07. The van der Waals surface area contributed by atoms with Crippen molar-refractivity contribution >= 4 is 5.94 Å². The number of quaternary nitrogens is 1.